The number of aryl methyl sites for hydroxylation is 1. The van der Waals surface area contributed by atoms with Gasteiger partial charge >= 0.3 is 0 Å². The third kappa shape index (κ3) is 3.83. The second-order valence-corrected chi connectivity index (χ2v) is 9.40. The molecule has 1 fully saturated rings. The highest BCUT2D eigenvalue weighted by molar-refractivity contribution is 6.02. The van der Waals surface area contributed by atoms with Crippen LogP contribution in [-0.4, -0.2) is 33.9 Å². The number of hydrogen-bond donors (Lipinski definition) is 0. The van der Waals surface area contributed by atoms with E-state index in [2.05, 4.69) is 35.8 Å². The molecule has 0 radical (unpaired) electrons. The van der Waals surface area contributed by atoms with Crippen molar-refractivity contribution >= 4 is 17.5 Å². The molecule has 4 aromatic rings. The maximum absolute atomic E-state index is 14.2. The molecule has 1 aliphatic carbocycles. The highest BCUT2D eigenvalue weighted by atomic mass is 16.2. The lowest BCUT2D eigenvalue weighted by Gasteiger charge is -2.39. The molecule has 1 atom stereocenters. The standard InChI is InChI=1S/C30H27N3O2/c1-21-9-7-12-23(19-21)29-27-15-8-18-31(27)25-13-5-6-14-26(25)33(29)28(34)20-32(24-16-17-24)30(35)22-10-3-2-4-11-22/h2-15,18-19,24,29H,16-17,20H2,1H3. The molecule has 0 saturated heterocycles. The van der Waals surface area contributed by atoms with E-state index in [1.807, 2.05) is 77.8 Å². The Morgan fingerprint density at radius 3 is 2.34 bits per heavy atom. The minimum absolute atomic E-state index is 0.0513. The Bertz CT molecular complexity index is 1400. The van der Waals surface area contributed by atoms with Gasteiger partial charge < -0.3 is 9.47 Å². The van der Waals surface area contributed by atoms with Gasteiger partial charge in [0.25, 0.3) is 5.91 Å². The predicted octanol–water partition coefficient (Wildman–Crippen LogP) is 5.53. The van der Waals surface area contributed by atoms with Crippen molar-refractivity contribution in [1.29, 1.82) is 0 Å². The molecule has 1 aliphatic heterocycles. The van der Waals surface area contributed by atoms with Crippen LogP contribution in [0.4, 0.5) is 5.69 Å². The van der Waals surface area contributed by atoms with E-state index in [0.717, 1.165) is 41.0 Å². The molecule has 0 bridgehead atoms. The van der Waals surface area contributed by atoms with E-state index in [-0.39, 0.29) is 30.4 Å². The van der Waals surface area contributed by atoms with Gasteiger partial charge in [0.1, 0.15) is 12.6 Å². The van der Waals surface area contributed by atoms with Crippen LogP contribution in [-0.2, 0) is 4.79 Å². The van der Waals surface area contributed by atoms with Crippen molar-refractivity contribution in [3.8, 4) is 5.69 Å². The SMILES string of the molecule is Cc1cccc(C2c3cccn3-c3ccccc3N2C(=O)CN(C(=O)c2ccccc2)C2CC2)c1. The van der Waals surface area contributed by atoms with Gasteiger partial charge in [-0.25, -0.2) is 0 Å². The monoisotopic (exact) mass is 461 g/mol. The van der Waals surface area contributed by atoms with Gasteiger partial charge in [-0.2, -0.15) is 0 Å². The van der Waals surface area contributed by atoms with Gasteiger partial charge in [-0.15, -0.1) is 0 Å². The zero-order valence-corrected chi connectivity index (χ0v) is 19.7. The maximum Gasteiger partial charge on any atom is 0.254 e. The quantitative estimate of drug-likeness (QED) is 0.393. The summed E-state index contributed by atoms with van der Waals surface area (Å²) in [6.07, 6.45) is 3.92. The number of para-hydroxylation sites is 2. The molecule has 1 saturated carbocycles. The summed E-state index contributed by atoms with van der Waals surface area (Å²) in [6.45, 7) is 2.12. The molecule has 174 valence electrons. The predicted molar refractivity (Wildman–Crippen MR) is 137 cm³/mol. The average molecular weight is 462 g/mol. The van der Waals surface area contributed by atoms with Gasteiger partial charge in [-0.05, 0) is 61.7 Å². The lowest BCUT2D eigenvalue weighted by atomic mass is 9.96. The first-order valence-corrected chi connectivity index (χ1v) is 12.1. The lowest BCUT2D eigenvalue weighted by molar-refractivity contribution is -0.119. The fourth-order valence-corrected chi connectivity index (χ4v) is 5.14. The molecule has 2 aliphatic rings. The van der Waals surface area contributed by atoms with Crippen LogP contribution < -0.4 is 4.90 Å². The largest absolute Gasteiger partial charge is 0.326 e. The molecule has 0 spiro atoms. The van der Waals surface area contributed by atoms with Crippen LogP contribution in [0.25, 0.3) is 5.69 Å². The Labute approximate surface area is 205 Å². The first-order chi connectivity index (χ1) is 17.1. The number of amides is 2. The van der Waals surface area contributed by atoms with Crippen molar-refractivity contribution < 1.29 is 9.59 Å². The molecular formula is C30H27N3O2. The van der Waals surface area contributed by atoms with E-state index in [1.54, 1.807) is 4.90 Å². The molecule has 3 aromatic carbocycles. The van der Waals surface area contributed by atoms with Crippen LogP contribution in [0.3, 0.4) is 0 Å². The van der Waals surface area contributed by atoms with Crippen molar-refractivity contribution in [2.75, 3.05) is 11.4 Å². The number of carbonyl (C=O) groups excluding carboxylic acids is 2. The number of hydrogen-bond acceptors (Lipinski definition) is 2. The van der Waals surface area contributed by atoms with Crippen LogP contribution >= 0.6 is 0 Å². The first kappa shape index (κ1) is 21.4. The molecule has 5 nitrogen and oxygen atoms in total. The second kappa shape index (κ2) is 8.58. The maximum atomic E-state index is 14.2. The minimum Gasteiger partial charge on any atom is -0.326 e. The molecule has 1 aromatic heterocycles. The molecule has 2 heterocycles. The summed E-state index contributed by atoms with van der Waals surface area (Å²) < 4.78 is 2.17. The number of anilines is 1. The Morgan fingerprint density at radius 1 is 0.857 bits per heavy atom. The summed E-state index contributed by atoms with van der Waals surface area (Å²) in [5.41, 5.74) is 5.68. The van der Waals surface area contributed by atoms with Gasteiger partial charge in [0.2, 0.25) is 5.91 Å². The van der Waals surface area contributed by atoms with Gasteiger partial charge in [-0.1, -0.05) is 60.2 Å². The van der Waals surface area contributed by atoms with Gasteiger partial charge in [0, 0.05) is 17.8 Å². The summed E-state index contributed by atoms with van der Waals surface area (Å²) in [6, 6.07) is 29.5. The number of fused-ring (bicyclic) bond motifs is 3. The third-order valence-corrected chi connectivity index (χ3v) is 6.92. The van der Waals surface area contributed by atoms with Crippen LogP contribution in [0.5, 0.6) is 0 Å². The highest BCUT2D eigenvalue weighted by Crippen LogP contribution is 2.42. The van der Waals surface area contributed by atoms with Gasteiger partial charge in [0.05, 0.1) is 17.1 Å². The number of benzene rings is 3. The topological polar surface area (TPSA) is 45.6 Å². The van der Waals surface area contributed by atoms with E-state index < -0.39 is 0 Å². The number of nitrogens with zero attached hydrogens (tertiary/aromatic N) is 3. The highest BCUT2D eigenvalue weighted by Gasteiger charge is 2.40. The number of carbonyl (C=O) groups is 2. The van der Waals surface area contributed by atoms with Crippen LogP contribution in [0, 0.1) is 6.92 Å². The summed E-state index contributed by atoms with van der Waals surface area (Å²) >= 11 is 0. The fraction of sp³-hybridized carbons (Fsp3) is 0.200. The normalized spacial score (nSPS) is 16.4. The van der Waals surface area contributed by atoms with Crippen molar-refractivity contribution in [2.45, 2.75) is 31.8 Å². The van der Waals surface area contributed by atoms with Gasteiger partial charge in [-0.3, -0.25) is 14.5 Å². The third-order valence-electron chi connectivity index (χ3n) is 6.92. The van der Waals surface area contributed by atoms with E-state index in [4.69, 9.17) is 0 Å². The molecular weight excluding hydrogens is 434 g/mol. The zero-order valence-electron chi connectivity index (χ0n) is 19.7. The summed E-state index contributed by atoms with van der Waals surface area (Å²) in [7, 11) is 0. The van der Waals surface area contributed by atoms with E-state index in [1.165, 1.54) is 0 Å². The van der Waals surface area contributed by atoms with E-state index in [9.17, 15) is 9.59 Å². The van der Waals surface area contributed by atoms with Crippen LogP contribution in [0.15, 0.2) is 97.2 Å². The molecule has 5 heteroatoms. The number of rotatable bonds is 5. The molecule has 2 amide bonds. The molecule has 35 heavy (non-hydrogen) atoms. The molecule has 6 rings (SSSR count). The summed E-state index contributed by atoms with van der Waals surface area (Å²) in [4.78, 5) is 31.2. The number of aromatic nitrogens is 1. The molecule has 1 unspecified atom stereocenters. The van der Waals surface area contributed by atoms with Crippen LogP contribution in [0.2, 0.25) is 0 Å². The van der Waals surface area contributed by atoms with E-state index in [0.29, 0.717) is 5.56 Å². The van der Waals surface area contributed by atoms with Crippen molar-refractivity contribution in [3.63, 3.8) is 0 Å². The zero-order chi connectivity index (χ0) is 23.9. The van der Waals surface area contributed by atoms with Crippen LogP contribution in [0.1, 0.15) is 46.1 Å². The average Bonchev–Trinajstić information content (AvgIpc) is 3.61. The summed E-state index contributed by atoms with van der Waals surface area (Å²) in [5, 5.41) is 0. The fourth-order valence-electron chi connectivity index (χ4n) is 5.14. The Kier molecular flexibility index (Phi) is 5.25. The Balaban J connectivity index is 1.42. The molecule has 0 N–H and O–H groups in total. The van der Waals surface area contributed by atoms with Crippen molar-refractivity contribution in [1.82, 2.24) is 9.47 Å². The van der Waals surface area contributed by atoms with Crippen molar-refractivity contribution in [3.05, 3.63) is 120 Å². The Hall–Kier alpha value is -4.12. The first-order valence-electron chi connectivity index (χ1n) is 12.1. The van der Waals surface area contributed by atoms with Gasteiger partial charge in [0.15, 0.2) is 0 Å². The van der Waals surface area contributed by atoms with E-state index >= 15 is 0 Å². The second-order valence-electron chi connectivity index (χ2n) is 9.40. The minimum atomic E-state index is -0.278. The lowest BCUT2D eigenvalue weighted by Crippen LogP contribution is -2.47. The van der Waals surface area contributed by atoms with Crippen molar-refractivity contribution in [2.24, 2.45) is 0 Å². The summed E-state index contributed by atoms with van der Waals surface area (Å²) in [5.74, 6) is -0.158. The smallest absolute Gasteiger partial charge is 0.254 e. The Morgan fingerprint density at radius 2 is 1.60 bits per heavy atom.